The number of carbonyl (C=O) groups excluding carboxylic acids is 1. The molecule has 9 nitrogen and oxygen atoms in total. The summed E-state index contributed by atoms with van der Waals surface area (Å²) in [7, 11) is -4.03. The number of non-ortho nitro benzene ring substituents is 1. The molecule has 0 unspecified atom stereocenters. The van der Waals surface area contributed by atoms with Gasteiger partial charge in [-0.05, 0) is 62.2 Å². The van der Waals surface area contributed by atoms with Crippen molar-refractivity contribution in [3.05, 3.63) is 99.6 Å². The van der Waals surface area contributed by atoms with Crippen LogP contribution in [0.2, 0.25) is 0 Å². The van der Waals surface area contributed by atoms with Gasteiger partial charge in [-0.1, -0.05) is 35.9 Å². The van der Waals surface area contributed by atoms with Crippen LogP contribution in [0.1, 0.15) is 23.6 Å². The van der Waals surface area contributed by atoms with Crippen LogP contribution in [-0.2, 0) is 14.8 Å². The lowest BCUT2D eigenvalue weighted by Gasteiger charge is -2.25. The molecule has 3 rings (SSSR count). The molecule has 3 aromatic carbocycles. The first-order valence-corrected chi connectivity index (χ1v) is 11.8. The largest absolute Gasteiger partial charge is 0.271 e. The Morgan fingerprint density at radius 3 is 2.26 bits per heavy atom. The van der Waals surface area contributed by atoms with E-state index in [1.54, 1.807) is 44.2 Å². The monoisotopic (exact) mass is 480 g/mol. The average Bonchev–Trinajstić information content (AvgIpc) is 2.82. The molecular formula is C24H24N4O5S. The van der Waals surface area contributed by atoms with Crippen LogP contribution in [0.5, 0.6) is 0 Å². The highest BCUT2D eigenvalue weighted by Crippen LogP contribution is 2.27. The van der Waals surface area contributed by atoms with Crippen molar-refractivity contribution in [1.82, 2.24) is 5.43 Å². The highest BCUT2D eigenvalue weighted by atomic mass is 32.2. The number of anilines is 1. The summed E-state index contributed by atoms with van der Waals surface area (Å²) in [6.07, 6.45) is 0. The summed E-state index contributed by atoms with van der Waals surface area (Å²) in [6, 6.07) is 18.9. The molecule has 0 radical (unpaired) electrons. The number of hydrogen-bond acceptors (Lipinski definition) is 6. The van der Waals surface area contributed by atoms with Crippen molar-refractivity contribution in [1.29, 1.82) is 0 Å². The van der Waals surface area contributed by atoms with E-state index < -0.39 is 27.4 Å². The number of nitrogens with one attached hydrogen (secondary N) is 1. The zero-order valence-electron chi connectivity index (χ0n) is 18.9. The Labute approximate surface area is 197 Å². The minimum Gasteiger partial charge on any atom is -0.271 e. The first-order valence-electron chi connectivity index (χ1n) is 10.3. The predicted molar refractivity (Wildman–Crippen MR) is 130 cm³/mol. The Bertz CT molecular complexity index is 1340. The Hall–Kier alpha value is -4.05. The first kappa shape index (κ1) is 24.6. The Morgan fingerprint density at radius 1 is 1.03 bits per heavy atom. The second-order valence-electron chi connectivity index (χ2n) is 7.65. The van der Waals surface area contributed by atoms with E-state index in [0.717, 1.165) is 9.87 Å². The molecule has 3 aromatic rings. The number of hydrazone groups is 1. The molecule has 1 N–H and O–H groups in total. The third-order valence-electron chi connectivity index (χ3n) is 5.08. The average molecular weight is 481 g/mol. The van der Waals surface area contributed by atoms with E-state index in [-0.39, 0.29) is 10.6 Å². The van der Waals surface area contributed by atoms with Crippen molar-refractivity contribution in [3.8, 4) is 0 Å². The second kappa shape index (κ2) is 10.3. The topological polar surface area (TPSA) is 122 Å². The SMILES string of the molecule is C/C(=N/NC(=O)CN(c1ccc(C)cc1C)S(=O)(=O)c1ccccc1)c1ccc([N+](=O)[O-])cc1. The third kappa shape index (κ3) is 5.65. The lowest BCUT2D eigenvalue weighted by Crippen LogP contribution is -2.40. The molecule has 0 aliphatic carbocycles. The minimum atomic E-state index is -4.03. The lowest BCUT2D eigenvalue weighted by atomic mass is 10.1. The second-order valence-corrected chi connectivity index (χ2v) is 9.51. The van der Waals surface area contributed by atoms with Gasteiger partial charge in [0.15, 0.2) is 0 Å². The fraction of sp³-hybridized carbons (Fsp3) is 0.167. The van der Waals surface area contributed by atoms with Crippen LogP contribution in [0, 0.1) is 24.0 Å². The number of nitro benzene ring substituents is 1. The Kier molecular flexibility index (Phi) is 7.42. The third-order valence-corrected chi connectivity index (χ3v) is 6.86. The number of benzene rings is 3. The van der Waals surface area contributed by atoms with Gasteiger partial charge in [0.1, 0.15) is 6.54 Å². The van der Waals surface area contributed by atoms with Gasteiger partial charge in [-0.2, -0.15) is 5.10 Å². The number of nitrogens with zero attached hydrogens (tertiary/aromatic N) is 3. The summed E-state index contributed by atoms with van der Waals surface area (Å²) in [6.45, 7) is 4.82. The summed E-state index contributed by atoms with van der Waals surface area (Å²) < 4.78 is 27.9. The molecule has 0 bridgehead atoms. The van der Waals surface area contributed by atoms with Gasteiger partial charge in [0.05, 0.1) is 21.2 Å². The number of rotatable bonds is 8. The maximum absolute atomic E-state index is 13.4. The van der Waals surface area contributed by atoms with Crippen LogP contribution in [0.3, 0.4) is 0 Å². The molecule has 0 aliphatic heterocycles. The summed E-state index contributed by atoms with van der Waals surface area (Å²) in [5.41, 5.74) is 5.37. The molecule has 10 heteroatoms. The quantitative estimate of drug-likeness (QED) is 0.297. The van der Waals surface area contributed by atoms with Crippen molar-refractivity contribution < 1.29 is 18.1 Å². The Morgan fingerprint density at radius 2 is 1.68 bits per heavy atom. The van der Waals surface area contributed by atoms with Gasteiger partial charge in [-0.3, -0.25) is 19.2 Å². The smallest absolute Gasteiger partial charge is 0.269 e. The summed E-state index contributed by atoms with van der Waals surface area (Å²) in [5.74, 6) is -0.638. The molecule has 0 heterocycles. The van der Waals surface area contributed by atoms with Crippen LogP contribution in [-0.4, -0.2) is 31.5 Å². The van der Waals surface area contributed by atoms with Gasteiger partial charge in [0, 0.05) is 12.1 Å². The maximum Gasteiger partial charge on any atom is 0.269 e. The molecule has 0 fully saturated rings. The summed E-state index contributed by atoms with van der Waals surface area (Å²) in [4.78, 5) is 23.1. The van der Waals surface area contributed by atoms with Crippen LogP contribution in [0.25, 0.3) is 0 Å². The van der Waals surface area contributed by atoms with E-state index in [2.05, 4.69) is 10.5 Å². The van der Waals surface area contributed by atoms with Gasteiger partial charge in [-0.15, -0.1) is 0 Å². The van der Waals surface area contributed by atoms with Crippen LogP contribution in [0.15, 0.2) is 82.8 Å². The molecule has 0 saturated carbocycles. The number of sulfonamides is 1. The van der Waals surface area contributed by atoms with Crippen LogP contribution >= 0.6 is 0 Å². The molecular weight excluding hydrogens is 456 g/mol. The van der Waals surface area contributed by atoms with E-state index in [9.17, 15) is 23.3 Å². The molecule has 0 saturated heterocycles. The number of amides is 1. The number of aryl methyl sites for hydroxylation is 2. The molecule has 0 atom stereocenters. The zero-order chi connectivity index (χ0) is 24.9. The number of nitro groups is 1. The first-order chi connectivity index (χ1) is 16.1. The van der Waals surface area contributed by atoms with Gasteiger partial charge in [0.25, 0.3) is 21.6 Å². The summed E-state index contributed by atoms with van der Waals surface area (Å²) in [5, 5.41) is 14.8. The number of carbonyl (C=O) groups is 1. The molecule has 1 amide bonds. The lowest BCUT2D eigenvalue weighted by molar-refractivity contribution is -0.384. The standard InChI is InChI=1S/C24H24N4O5S/c1-17-9-14-23(18(2)15-17)27(34(32,33)22-7-5-4-6-8-22)16-24(29)26-25-19(3)20-10-12-21(13-11-20)28(30)31/h4-15H,16H2,1-3H3,(H,26,29)/b25-19-. The highest BCUT2D eigenvalue weighted by Gasteiger charge is 2.28. The van der Waals surface area contributed by atoms with Crippen molar-refractivity contribution in [2.75, 3.05) is 10.8 Å². The normalized spacial score (nSPS) is 11.7. The van der Waals surface area contributed by atoms with E-state index in [0.29, 0.717) is 22.5 Å². The van der Waals surface area contributed by atoms with Gasteiger partial charge < -0.3 is 0 Å². The summed E-state index contributed by atoms with van der Waals surface area (Å²) >= 11 is 0. The van der Waals surface area contributed by atoms with Crippen molar-refractivity contribution in [2.45, 2.75) is 25.7 Å². The molecule has 0 aliphatic rings. The van der Waals surface area contributed by atoms with Crippen LogP contribution < -0.4 is 9.73 Å². The van der Waals surface area contributed by atoms with E-state index >= 15 is 0 Å². The van der Waals surface area contributed by atoms with Crippen molar-refractivity contribution >= 4 is 33.0 Å². The molecule has 34 heavy (non-hydrogen) atoms. The van der Waals surface area contributed by atoms with E-state index in [1.165, 1.54) is 36.4 Å². The minimum absolute atomic E-state index is 0.0594. The van der Waals surface area contributed by atoms with Crippen molar-refractivity contribution in [2.24, 2.45) is 5.10 Å². The van der Waals surface area contributed by atoms with Gasteiger partial charge in [-0.25, -0.2) is 13.8 Å². The highest BCUT2D eigenvalue weighted by molar-refractivity contribution is 7.92. The number of hydrogen-bond donors (Lipinski definition) is 1. The van der Waals surface area contributed by atoms with Gasteiger partial charge >= 0.3 is 0 Å². The van der Waals surface area contributed by atoms with E-state index in [4.69, 9.17) is 0 Å². The predicted octanol–water partition coefficient (Wildman–Crippen LogP) is 3.95. The van der Waals surface area contributed by atoms with Crippen LogP contribution in [0.4, 0.5) is 11.4 Å². The van der Waals surface area contributed by atoms with Gasteiger partial charge in [0.2, 0.25) is 0 Å². The van der Waals surface area contributed by atoms with E-state index in [1.807, 2.05) is 13.0 Å². The Balaban J connectivity index is 1.86. The fourth-order valence-electron chi connectivity index (χ4n) is 3.31. The molecule has 0 spiro atoms. The molecule has 176 valence electrons. The molecule has 0 aromatic heterocycles. The zero-order valence-corrected chi connectivity index (χ0v) is 19.7. The van der Waals surface area contributed by atoms with Crippen molar-refractivity contribution in [3.63, 3.8) is 0 Å². The maximum atomic E-state index is 13.4. The fourth-order valence-corrected chi connectivity index (χ4v) is 4.81.